The third-order valence-corrected chi connectivity index (χ3v) is 7.14. The number of hydrogen-bond acceptors (Lipinski definition) is 6. The third kappa shape index (κ3) is 11.5. The van der Waals surface area contributed by atoms with Crippen LogP contribution in [0, 0.1) is 23.7 Å². The fraction of sp³-hybridized carbons (Fsp3) is 0.424. The molecule has 1 heterocycles. The van der Waals surface area contributed by atoms with E-state index in [0.717, 1.165) is 17.5 Å². The molecule has 0 saturated heterocycles. The molecule has 3 aromatic rings. The minimum Gasteiger partial charge on any atom is -0.273 e. The zero-order valence-electron chi connectivity index (χ0n) is 25.6. The second-order valence-electron chi connectivity index (χ2n) is 11.2. The number of rotatable bonds is 16. The minimum absolute atomic E-state index is 0.0668. The monoisotopic (exact) mass is 588 g/mol. The normalized spacial score (nSPS) is 13.4. The van der Waals surface area contributed by atoms with Crippen LogP contribution in [-0.2, 0) is 32.4 Å². The van der Waals surface area contributed by atoms with Gasteiger partial charge in [0.2, 0.25) is 11.8 Å². The van der Waals surface area contributed by atoms with Crippen LogP contribution in [0.25, 0.3) is 6.08 Å². The number of hydrogen-bond donors (Lipinski definition) is 2. The van der Waals surface area contributed by atoms with Crippen molar-refractivity contribution in [1.82, 2.24) is 30.7 Å². The number of allylic oxidation sites excluding steroid dienone is 1. The highest BCUT2D eigenvalue weighted by Crippen LogP contribution is 2.26. The lowest BCUT2D eigenvalue weighted by atomic mass is 9.82. The predicted molar refractivity (Wildman–Crippen MR) is 165 cm³/mol. The number of hydroxylamine groups is 1. The van der Waals surface area contributed by atoms with Crippen LogP contribution >= 0.6 is 0 Å². The van der Waals surface area contributed by atoms with Crippen LogP contribution in [-0.4, -0.2) is 44.0 Å². The molecule has 2 aromatic carbocycles. The molecular formula is C33H44N6O4. The summed E-state index contributed by atoms with van der Waals surface area (Å²) in [7, 11) is 0. The number of amides is 3. The van der Waals surface area contributed by atoms with Gasteiger partial charge in [-0.1, -0.05) is 107 Å². The van der Waals surface area contributed by atoms with Gasteiger partial charge in [0.15, 0.2) is 0 Å². The Labute approximate surface area is 254 Å². The maximum Gasteiger partial charge on any atom is 0.262 e. The van der Waals surface area contributed by atoms with Gasteiger partial charge in [-0.05, 0) is 35.8 Å². The van der Waals surface area contributed by atoms with Gasteiger partial charge < -0.3 is 0 Å². The number of aromatic nitrogens is 3. The lowest BCUT2D eigenvalue weighted by molar-refractivity contribution is -0.149. The summed E-state index contributed by atoms with van der Waals surface area (Å²) in [6.45, 7) is 8.52. The van der Waals surface area contributed by atoms with E-state index in [1.165, 1.54) is 22.3 Å². The molecule has 0 spiro atoms. The predicted octanol–water partition coefficient (Wildman–Crippen LogP) is 4.81. The molecule has 0 radical (unpaired) electrons. The molecule has 0 saturated carbocycles. The molecule has 0 aliphatic rings. The quantitative estimate of drug-likeness (QED) is 0.232. The lowest BCUT2D eigenvalue weighted by Crippen LogP contribution is -2.53. The molecule has 10 heteroatoms. The van der Waals surface area contributed by atoms with Crippen LogP contribution in [0.2, 0.25) is 0 Å². The summed E-state index contributed by atoms with van der Waals surface area (Å²) in [6, 6.07) is 19.3. The van der Waals surface area contributed by atoms with Crippen LogP contribution < -0.4 is 10.9 Å². The zero-order chi connectivity index (χ0) is 31.0. The van der Waals surface area contributed by atoms with Crippen molar-refractivity contribution in [3.05, 3.63) is 90.5 Å². The largest absolute Gasteiger partial charge is 0.273 e. The average molecular weight is 589 g/mol. The van der Waals surface area contributed by atoms with Crippen LogP contribution in [0.3, 0.4) is 0 Å². The van der Waals surface area contributed by atoms with Crippen molar-refractivity contribution in [2.75, 3.05) is 6.54 Å². The Kier molecular flexibility index (Phi) is 13.6. The number of nitrogens with one attached hydrogen (secondary N) is 2. The molecule has 3 amide bonds. The molecule has 1 aromatic heterocycles. The first kappa shape index (κ1) is 33.2. The van der Waals surface area contributed by atoms with E-state index in [0.29, 0.717) is 19.4 Å². The summed E-state index contributed by atoms with van der Waals surface area (Å²) < 4.78 is 1.42. The lowest BCUT2D eigenvalue weighted by Gasteiger charge is -2.31. The molecule has 230 valence electrons. The van der Waals surface area contributed by atoms with E-state index in [-0.39, 0.29) is 36.8 Å². The fourth-order valence-electron chi connectivity index (χ4n) is 4.58. The maximum atomic E-state index is 14.0. The molecule has 10 nitrogen and oxygen atoms in total. The molecule has 3 atom stereocenters. The Hall–Kier alpha value is -4.31. The van der Waals surface area contributed by atoms with E-state index < -0.39 is 17.7 Å². The van der Waals surface area contributed by atoms with Gasteiger partial charge >= 0.3 is 0 Å². The summed E-state index contributed by atoms with van der Waals surface area (Å²) >= 11 is 0. The smallest absolute Gasteiger partial charge is 0.262 e. The maximum absolute atomic E-state index is 14.0. The molecule has 0 fully saturated rings. The molecule has 0 aliphatic heterocycles. The van der Waals surface area contributed by atoms with Crippen LogP contribution in [0.4, 0.5) is 0 Å². The Morgan fingerprint density at radius 1 is 0.977 bits per heavy atom. The highest BCUT2D eigenvalue weighted by molar-refractivity contribution is 5.89. The van der Waals surface area contributed by atoms with E-state index in [1.807, 2.05) is 101 Å². The standard InChI is InChI=1S/C33H44N6O4/c1-5-26(4)20-39(31(40)21-38-24-34-23-35-38)36-32(41)30(19-25(2)3)29(18-12-17-27-13-8-6-9-14-27)33(42)37-43-22-28-15-10-7-11-16-28/h6-17,23-26,29-30H,5,18-22H2,1-4H3,(H,36,41)(H,37,42)/b17-12+/t26-,29-,30+/m0/s1. The highest BCUT2D eigenvalue weighted by Gasteiger charge is 2.35. The number of hydrazine groups is 1. The van der Waals surface area contributed by atoms with Gasteiger partial charge in [0.25, 0.3) is 5.91 Å². The van der Waals surface area contributed by atoms with Gasteiger partial charge in [-0.3, -0.25) is 29.7 Å². The molecule has 0 aliphatic carbocycles. The van der Waals surface area contributed by atoms with Crippen molar-refractivity contribution in [2.45, 2.75) is 60.1 Å². The summed E-state index contributed by atoms with van der Waals surface area (Å²) in [5.74, 6) is -2.31. The summed E-state index contributed by atoms with van der Waals surface area (Å²) in [6.07, 6.45) is 8.23. The summed E-state index contributed by atoms with van der Waals surface area (Å²) in [4.78, 5) is 50.3. The van der Waals surface area contributed by atoms with Gasteiger partial charge in [0.1, 0.15) is 19.2 Å². The van der Waals surface area contributed by atoms with E-state index in [2.05, 4.69) is 21.0 Å². The number of carbonyl (C=O) groups is 3. The van der Waals surface area contributed by atoms with Crippen LogP contribution in [0.15, 0.2) is 79.4 Å². The first-order chi connectivity index (χ1) is 20.8. The molecular weight excluding hydrogens is 544 g/mol. The Balaban J connectivity index is 1.82. The molecule has 2 N–H and O–H groups in total. The topological polar surface area (TPSA) is 118 Å². The summed E-state index contributed by atoms with van der Waals surface area (Å²) in [5.41, 5.74) is 7.35. The van der Waals surface area contributed by atoms with Gasteiger partial charge in [-0.25, -0.2) is 15.1 Å². The third-order valence-electron chi connectivity index (χ3n) is 7.14. The van der Waals surface area contributed by atoms with Crippen molar-refractivity contribution in [2.24, 2.45) is 23.7 Å². The summed E-state index contributed by atoms with van der Waals surface area (Å²) in [5, 5.41) is 5.38. The molecule has 0 unspecified atom stereocenters. The fourth-order valence-corrected chi connectivity index (χ4v) is 4.58. The molecule has 0 bridgehead atoms. The minimum atomic E-state index is -0.742. The van der Waals surface area contributed by atoms with Gasteiger partial charge in [0, 0.05) is 6.54 Å². The second kappa shape index (κ2) is 17.6. The van der Waals surface area contributed by atoms with Crippen LogP contribution in [0.1, 0.15) is 58.1 Å². The highest BCUT2D eigenvalue weighted by atomic mass is 16.6. The number of benzene rings is 2. The Morgan fingerprint density at radius 3 is 2.30 bits per heavy atom. The van der Waals surface area contributed by atoms with E-state index >= 15 is 0 Å². The van der Waals surface area contributed by atoms with E-state index in [4.69, 9.17) is 4.84 Å². The number of nitrogens with zero attached hydrogens (tertiary/aromatic N) is 4. The Morgan fingerprint density at radius 2 is 1.67 bits per heavy atom. The Bertz CT molecular complexity index is 1280. The zero-order valence-corrected chi connectivity index (χ0v) is 25.6. The van der Waals surface area contributed by atoms with E-state index in [9.17, 15) is 14.4 Å². The van der Waals surface area contributed by atoms with Crippen molar-refractivity contribution in [3.8, 4) is 0 Å². The van der Waals surface area contributed by atoms with Crippen LogP contribution in [0.5, 0.6) is 0 Å². The van der Waals surface area contributed by atoms with Gasteiger partial charge in [-0.2, -0.15) is 5.10 Å². The SMILES string of the molecule is CC[C@H](C)CN(NC(=O)[C@H](CC(C)C)[C@H](C/C=C/c1ccccc1)C(=O)NOCc1ccccc1)C(=O)Cn1cncn1. The van der Waals surface area contributed by atoms with Crippen molar-refractivity contribution >= 4 is 23.8 Å². The van der Waals surface area contributed by atoms with Crippen molar-refractivity contribution < 1.29 is 19.2 Å². The van der Waals surface area contributed by atoms with Crippen molar-refractivity contribution in [3.63, 3.8) is 0 Å². The average Bonchev–Trinajstić information content (AvgIpc) is 3.51. The number of carbonyl (C=O) groups excluding carboxylic acids is 3. The first-order valence-electron chi connectivity index (χ1n) is 14.9. The second-order valence-corrected chi connectivity index (χ2v) is 11.2. The molecule has 43 heavy (non-hydrogen) atoms. The van der Waals surface area contributed by atoms with E-state index in [1.54, 1.807) is 0 Å². The first-order valence-corrected chi connectivity index (χ1v) is 14.9. The molecule has 3 rings (SSSR count). The van der Waals surface area contributed by atoms with Crippen molar-refractivity contribution in [1.29, 1.82) is 0 Å². The van der Waals surface area contributed by atoms with Gasteiger partial charge in [-0.15, -0.1) is 0 Å². The van der Waals surface area contributed by atoms with Gasteiger partial charge in [0.05, 0.1) is 18.4 Å².